The first-order valence-electron chi connectivity index (χ1n) is 22.2. The third-order valence-corrected chi connectivity index (χ3v) is 15.1. The molecular formula is C47H64N10O2S. The molecule has 6 N–H and O–H groups in total. The molecule has 3 aromatic rings. The van der Waals surface area contributed by atoms with Crippen molar-refractivity contribution in [2.45, 2.75) is 124 Å². The second-order valence-electron chi connectivity index (χ2n) is 20.0. The molecule has 5 heterocycles. The lowest BCUT2D eigenvalue weighted by Gasteiger charge is -2.69. The molecule has 2 aromatic heterocycles. The molecule has 0 radical (unpaired) electrons. The van der Waals surface area contributed by atoms with Crippen molar-refractivity contribution in [3.8, 4) is 0 Å². The molecule has 12 nitrogen and oxygen atoms in total. The molecule has 0 amide bonds. The fourth-order valence-corrected chi connectivity index (χ4v) is 13.6. The van der Waals surface area contributed by atoms with Crippen molar-refractivity contribution < 1.29 is 9.84 Å². The largest absolute Gasteiger partial charge is 0.493 e. The highest BCUT2D eigenvalue weighted by molar-refractivity contribution is 7.22. The van der Waals surface area contributed by atoms with Crippen LogP contribution in [0.4, 0.5) is 5.13 Å². The number of rotatable bonds is 12. The summed E-state index contributed by atoms with van der Waals surface area (Å²) in [4.78, 5) is 13.9. The molecule has 13 heteroatoms. The number of hydrogen-bond donors (Lipinski definition) is 5. The van der Waals surface area contributed by atoms with E-state index in [1.807, 2.05) is 62.2 Å². The maximum absolute atomic E-state index is 11.7. The summed E-state index contributed by atoms with van der Waals surface area (Å²) < 4.78 is 10.4. The number of benzene rings is 1. The van der Waals surface area contributed by atoms with E-state index in [0.717, 1.165) is 83.0 Å². The van der Waals surface area contributed by atoms with E-state index in [1.165, 1.54) is 69.4 Å². The van der Waals surface area contributed by atoms with Crippen LogP contribution < -0.4 is 16.4 Å². The summed E-state index contributed by atoms with van der Waals surface area (Å²) in [5.74, 6) is 1.52. The minimum atomic E-state index is -0.0617. The highest BCUT2D eigenvalue weighted by atomic mass is 32.1. The predicted octanol–water partition coefficient (Wildman–Crippen LogP) is 8.66. The number of hydrogen-bond acceptors (Lipinski definition) is 10. The van der Waals surface area contributed by atoms with Gasteiger partial charge < -0.3 is 36.0 Å². The van der Waals surface area contributed by atoms with E-state index in [4.69, 9.17) is 15.6 Å². The summed E-state index contributed by atoms with van der Waals surface area (Å²) in [6.07, 6.45) is 17.4. The topological polar surface area (TPSA) is 153 Å². The summed E-state index contributed by atoms with van der Waals surface area (Å²) in [6, 6.07) is 7.97. The number of nitrogens with zero attached hydrogens (tertiary/aromatic N) is 6. The number of fused-ring (bicyclic) bond motifs is 1. The van der Waals surface area contributed by atoms with E-state index in [2.05, 4.69) is 57.0 Å². The SMILES string of the molecule is CC(/C(N)=N/c1nc2ccccc2s1)=C1\CCCN(C2=CC=C(c3cnn(CC45CC6(C)CC(C)(C4)CC(OCCN4CCCC4)(C6)C5)c3C)/C(=C(\O)NC(C)C)N2)C1=N. The smallest absolute Gasteiger partial charge is 0.212 e. The predicted molar refractivity (Wildman–Crippen MR) is 242 cm³/mol. The van der Waals surface area contributed by atoms with Crippen molar-refractivity contribution in [3.63, 3.8) is 0 Å². The van der Waals surface area contributed by atoms with Crippen molar-refractivity contribution >= 4 is 43.9 Å². The van der Waals surface area contributed by atoms with Crippen LogP contribution in [0, 0.1) is 28.6 Å². The Kier molecular flexibility index (Phi) is 10.5. The molecule has 4 saturated carbocycles. The first-order valence-corrected chi connectivity index (χ1v) is 23.0. The summed E-state index contributed by atoms with van der Waals surface area (Å²) >= 11 is 1.50. The average Bonchev–Trinajstić information content (AvgIpc) is 3.93. The maximum atomic E-state index is 11.7. The van der Waals surface area contributed by atoms with Gasteiger partial charge in [0.05, 0.1) is 28.6 Å². The van der Waals surface area contributed by atoms with Gasteiger partial charge in [-0.25, -0.2) is 9.98 Å². The minimum absolute atomic E-state index is 0.00518. The molecule has 4 bridgehead atoms. The van der Waals surface area contributed by atoms with Crippen LogP contribution in [0.5, 0.6) is 0 Å². The Morgan fingerprint density at radius 2 is 1.80 bits per heavy atom. The van der Waals surface area contributed by atoms with Gasteiger partial charge in [0.25, 0.3) is 0 Å². The number of dihydropyridines is 1. The van der Waals surface area contributed by atoms with Gasteiger partial charge in [-0.2, -0.15) is 5.10 Å². The lowest BCUT2D eigenvalue weighted by molar-refractivity contribution is -0.248. The van der Waals surface area contributed by atoms with Gasteiger partial charge in [0.1, 0.15) is 23.2 Å². The Morgan fingerprint density at radius 3 is 2.53 bits per heavy atom. The molecule has 1 aromatic carbocycles. The van der Waals surface area contributed by atoms with Gasteiger partial charge in [-0.15, -0.1) is 0 Å². The zero-order chi connectivity index (χ0) is 42.0. The molecule has 320 valence electrons. The van der Waals surface area contributed by atoms with E-state index >= 15 is 0 Å². The van der Waals surface area contributed by atoms with Crippen molar-refractivity contribution in [2.24, 2.45) is 27.0 Å². The molecule has 2 unspecified atom stereocenters. The highest BCUT2D eigenvalue weighted by Crippen LogP contribution is 2.72. The lowest BCUT2D eigenvalue weighted by Crippen LogP contribution is -2.64. The Hall–Kier alpha value is -4.46. The number of piperidine rings is 1. The first-order chi connectivity index (χ1) is 28.6. The van der Waals surface area contributed by atoms with Gasteiger partial charge in [0.15, 0.2) is 0 Å². The zero-order valence-electron chi connectivity index (χ0n) is 36.5. The van der Waals surface area contributed by atoms with Gasteiger partial charge in [-0.3, -0.25) is 10.1 Å². The minimum Gasteiger partial charge on any atom is -0.493 e. The van der Waals surface area contributed by atoms with Gasteiger partial charge >= 0.3 is 0 Å². The molecule has 10 rings (SSSR count). The molecule has 3 aliphatic heterocycles. The molecule has 2 atom stereocenters. The summed E-state index contributed by atoms with van der Waals surface area (Å²) in [5, 5.41) is 33.6. The van der Waals surface area contributed by atoms with E-state index < -0.39 is 0 Å². The van der Waals surface area contributed by atoms with Crippen LogP contribution in [0.25, 0.3) is 15.8 Å². The standard InChI is InChI=1S/C47H64N10O2S/c1-30(2)51-42(58)39-34(15-16-38(53-39)56-19-11-12-33(41(56)49)31(3)40(48)54-43-52-36-13-7-8-14-37(36)60-43)35-22-50-57(32(35)4)29-46-24-44(5)23-45(6,25-46)27-47(26-44,28-46)59-21-20-55-17-9-10-18-55/h7-8,13-16,22,30,49,51,53,58H,9-12,17-21,23-29H2,1-6H3,(H2,48,52,54)/b33-31-,42-39+,49-41?. The number of para-hydroxylation sites is 1. The highest BCUT2D eigenvalue weighted by Gasteiger charge is 2.66. The van der Waals surface area contributed by atoms with Gasteiger partial charge in [0, 0.05) is 48.1 Å². The Bertz CT molecular complexity index is 2290. The average molecular weight is 833 g/mol. The quantitative estimate of drug-likeness (QED) is 0.0686. The third kappa shape index (κ3) is 7.81. The number of aliphatic hydroxyl groups excluding tert-OH is 1. The number of nitrogens with one attached hydrogen (secondary N) is 3. The zero-order valence-corrected chi connectivity index (χ0v) is 37.3. The molecular weight excluding hydrogens is 769 g/mol. The van der Waals surface area contributed by atoms with Crippen LogP contribution in [-0.4, -0.2) is 85.8 Å². The van der Waals surface area contributed by atoms with E-state index in [0.29, 0.717) is 29.0 Å². The number of amidine groups is 2. The van der Waals surface area contributed by atoms with Crippen LogP contribution in [0.1, 0.15) is 110 Å². The van der Waals surface area contributed by atoms with E-state index in [-0.39, 0.29) is 33.8 Å². The van der Waals surface area contributed by atoms with Gasteiger partial charge in [-0.1, -0.05) is 37.3 Å². The van der Waals surface area contributed by atoms with E-state index in [1.54, 1.807) is 0 Å². The maximum Gasteiger partial charge on any atom is 0.212 e. The van der Waals surface area contributed by atoms with Crippen molar-refractivity contribution in [3.05, 3.63) is 82.4 Å². The fraction of sp³-hybridized carbons (Fsp3) is 0.574. The molecule has 7 aliphatic rings. The number of nitrogens with two attached hydrogens (primary N) is 1. The summed E-state index contributed by atoms with van der Waals surface area (Å²) in [7, 11) is 0. The number of allylic oxidation sites excluding steroid dienone is 3. The van der Waals surface area contributed by atoms with Crippen molar-refractivity contribution in [1.29, 1.82) is 5.41 Å². The Morgan fingerprint density at radius 1 is 1.05 bits per heavy atom. The second kappa shape index (κ2) is 15.5. The first kappa shape index (κ1) is 40.9. The normalized spacial score (nSPS) is 31.2. The molecule has 4 aliphatic carbocycles. The second-order valence-corrected chi connectivity index (χ2v) is 21.0. The number of aliphatic imine (C=N–C) groups is 1. The monoisotopic (exact) mass is 832 g/mol. The lowest BCUT2D eigenvalue weighted by atomic mass is 9.39. The summed E-state index contributed by atoms with van der Waals surface area (Å²) in [6.45, 7) is 19.0. The van der Waals surface area contributed by atoms with Crippen LogP contribution >= 0.6 is 11.3 Å². The van der Waals surface area contributed by atoms with E-state index in [9.17, 15) is 10.5 Å². The molecule has 2 saturated heterocycles. The number of aliphatic hydroxyl groups is 1. The molecule has 0 spiro atoms. The fourth-order valence-electron chi connectivity index (χ4n) is 12.8. The third-order valence-electron chi connectivity index (χ3n) is 14.1. The van der Waals surface area contributed by atoms with Crippen molar-refractivity contribution in [1.82, 2.24) is 35.2 Å². The Labute approximate surface area is 359 Å². The van der Waals surface area contributed by atoms with Crippen LogP contribution in [0.3, 0.4) is 0 Å². The number of ether oxygens (including phenoxy) is 1. The Balaban J connectivity index is 0.980. The summed E-state index contributed by atoms with van der Waals surface area (Å²) in [5.41, 5.74) is 13.2. The molecule has 60 heavy (non-hydrogen) atoms. The number of aromatic nitrogens is 3. The van der Waals surface area contributed by atoms with Crippen molar-refractivity contribution in [2.75, 3.05) is 32.8 Å². The number of thiazole rings is 1. The van der Waals surface area contributed by atoms with Crippen LogP contribution in [0.2, 0.25) is 0 Å². The van der Waals surface area contributed by atoms with Gasteiger partial charge in [0.2, 0.25) is 11.0 Å². The number of likely N-dealkylation sites (tertiary alicyclic amines) is 2. The van der Waals surface area contributed by atoms with Gasteiger partial charge in [-0.05, 0) is 151 Å². The van der Waals surface area contributed by atoms with Crippen LogP contribution in [-0.2, 0) is 11.3 Å². The molecule has 6 fully saturated rings. The van der Waals surface area contributed by atoms with Crippen LogP contribution in [0.15, 0.2) is 76.2 Å².